The first kappa shape index (κ1) is 22.4. The number of ether oxygens (including phenoxy) is 3. The third-order valence-corrected chi connectivity index (χ3v) is 5.88. The summed E-state index contributed by atoms with van der Waals surface area (Å²) in [7, 11) is 1.51. The second kappa shape index (κ2) is 8.62. The van der Waals surface area contributed by atoms with Gasteiger partial charge in [0.25, 0.3) is 0 Å². The molecule has 0 saturated heterocycles. The third kappa shape index (κ3) is 4.42. The molecule has 2 aromatic carbocycles. The van der Waals surface area contributed by atoms with Gasteiger partial charge in [-0.25, -0.2) is 4.39 Å². The fraction of sp³-hybridized carbons (Fsp3) is 0.308. The number of Topliss-reactive ketones (excluding diaryl/α,β-unsaturated/α-hetero) is 1. The highest BCUT2D eigenvalue weighted by molar-refractivity contribution is 6.00. The van der Waals surface area contributed by atoms with E-state index in [-0.39, 0.29) is 35.1 Å². The van der Waals surface area contributed by atoms with E-state index in [0.29, 0.717) is 46.8 Å². The lowest BCUT2D eigenvalue weighted by atomic mass is 9.70. The number of benzene rings is 2. The van der Waals surface area contributed by atoms with Gasteiger partial charge >= 0.3 is 0 Å². The van der Waals surface area contributed by atoms with Crippen molar-refractivity contribution in [3.63, 3.8) is 0 Å². The van der Waals surface area contributed by atoms with Gasteiger partial charge in [-0.1, -0.05) is 32.0 Å². The molecular weight excluding hydrogens is 423 g/mol. The number of allylic oxidation sites excluding steroid dienone is 3. The lowest BCUT2D eigenvalue weighted by molar-refractivity contribution is -0.119. The molecule has 2 N–H and O–H groups in total. The monoisotopic (exact) mass is 448 g/mol. The molecule has 1 aliphatic heterocycles. The minimum Gasteiger partial charge on any atom is -0.493 e. The SMILES string of the molecule is COc1cc(C2C(C#N)=C(N)OC3=C2C(=O)CC(C)(C)C3)ccc1OCc1cccc(F)c1. The van der Waals surface area contributed by atoms with Crippen LogP contribution in [0.4, 0.5) is 4.39 Å². The number of rotatable bonds is 5. The molecule has 170 valence electrons. The first-order chi connectivity index (χ1) is 15.7. The highest BCUT2D eigenvalue weighted by atomic mass is 19.1. The van der Waals surface area contributed by atoms with E-state index in [1.807, 2.05) is 13.8 Å². The van der Waals surface area contributed by atoms with Crippen molar-refractivity contribution < 1.29 is 23.4 Å². The Hall–Kier alpha value is -3.79. The van der Waals surface area contributed by atoms with Crippen molar-refractivity contribution in [1.29, 1.82) is 5.26 Å². The number of hydrogen-bond donors (Lipinski definition) is 1. The predicted molar refractivity (Wildman–Crippen MR) is 119 cm³/mol. The van der Waals surface area contributed by atoms with Crippen LogP contribution in [0.25, 0.3) is 0 Å². The zero-order valence-corrected chi connectivity index (χ0v) is 18.8. The fourth-order valence-electron chi connectivity index (χ4n) is 4.39. The Morgan fingerprint density at radius 2 is 2.00 bits per heavy atom. The summed E-state index contributed by atoms with van der Waals surface area (Å²) < 4.78 is 30.6. The number of methoxy groups -OCH3 is 1. The van der Waals surface area contributed by atoms with Crippen molar-refractivity contribution in [2.45, 2.75) is 39.2 Å². The maximum atomic E-state index is 13.5. The molecule has 0 aromatic heterocycles. The number of carbonyl (C=O) groups is 1. The molecule has 7 heteroatoms. The molecule has 6 nitrogen and oxygen atoms in total. The standard InChI is InChI=1S/C26H25FN2O4/c1-26(2)11-19(30)24-22(12-26)33-25(29)18(13-28)23(24)16-7-8-20(21(10-16)31-3)32-14-15-5-4-6-17(27)9-15/h4-10,23H,11-12,14,29H2,1-3H3. The van der Waals surface area contributed by atoms with Gasteiger partial charge in [0.2, 0.25) is 5.88 Å². The first-order valence-corrected chi connectivity index (χ1v) is 10.6. The normalized spacial score (nSPS) is 19.5. The van der Waals surface area contributed by atoms with E-state index in [1.165, 1.54) is 19.2 Å². The largest absolute Gasteiger partial charge is 0.493 e. The molecule has 0 spiro atoms. The summed E-state index contributed by atoms with van der Waals surface area (Å²) in [5, 5.41) is 9.80. The van der Waals surface area contributed by atoms with Gasteiger partial charge in [-0.05, 0) is 40.8 Å². The summed E-state index contributed by atoms with van der Waals surface area (Å²) in [6.45, 7) is 4.16. The highest BCUT2D eigenvalue weighted by Gasteiger charge is 2.43. The number of halogens is 1. The predicted octanol–water partition coefficient (Wildman–Crippen LogP) is 4.86. The summed E-state index contributed by atoms with van der Waals surface area (Å²) in [6.07, 6.45) is 0.909. The smallest absolute Gasteiger partial charge is 0.205 e. The molecule has 4 rings (SSSR count). The number of nitrogens with zero attached hydrogens (tertiary/aromatic N) is 1. The van der Waals surface area contributed by atoms with Crippen LogP contribution in [-0.2, 0) is 16.1 Å². The molecule has 0 bridgehead atoms. The Labute approximate surface area is 192 Å². The maximum Gasteiger partial charge on any atom is 0.205 e. The van der Waals surface area contributed by atoms with E-state index < -0.39 is 5.92 Å². The summed E-state index contributed by atoms with van der Waals surface area (Å²) in [5.41, 5.74) is 7.85. The molecule has 1 atom stereocenters. The van der Waals surface area contributed by atoms with Crippen LogP contribution >= 0.6 is 0 Å². The molecule has 0 saturated carbocycles. The van der Waals surface area contributed by atoms with Crippen LogP contribution in [0.1, 0.15) is 43.7 Å². The van der Waals surface area contributed by atoms with Crippen LogP contribution in [-0.4, -0.2) is 12.9 Å². The molecule has 33 heavy (non-hydrogen) atoms. The number of nitriles is 1. The van der Waals surface area contributed by atoms with Crippen molar-refractivity contribution in [3.8, 4) is 17.6 Å². The maximum absolute atomic E-state index is 13.5. The average molecular weight is 448 g/mol. The van der Waals surface area contributed by atoms with E-state index in [9.17, 15) is 14.4 Å². The van der Waals surface area contributed by atoms with Gasteiger partial charge in [-0.2, -0.15) is 5.26 Å². The Morgan fingerprint density at radius 3 is 2.70 bits per heavy atom. The average Bonchev–Trinajstić information content (AvgIpc) is 2.76. The van der Waals surface area contributed by atoms with Gasteiger partial charge in [-0.15, -0.1) is 0 Å². The van der Waals surface area contributed by atoms with Gasteiger partial charge in [0, 0.05) is 18.4 Å². The highest BCUT2D eigenvalue weighted by Crippen LogP contribution is 2.48. The summed E-state index contributed by atoms with van der Waals surface area (Å²) >= 11 is 0. The number of ketones is 1. The molecule has 1 unspecified atom stereocenters. The first-order valence-electron chi connectivity index (χ1n) is 10.6. The summed E-state index contributed by atoms with van der Waals surface area (Å²) in [6, 6.07) is 13.5. The molecule has 0 amide bonds. The lowest BCUT2D eigenvalue weighted by Gasteiger charge is -2.37. The Balaban J connectivity index is 1.70. The van der Waals surface area contributed by atoms with Crippen molar-refractivity contribution in [1.82, 2.24) is 0 Å². The van der Waals surface area contributed by atoms with Gasteiger partial charge in [0.1, 0.15) is 29.8 Å². The van der Waals surface area contributed by atoms with Gasteiger partial charge in [-0.3, -0.25) is 4.79 Å². The van der Waals surface area contributed by atoms with Crippen molar-refractivity contribution in [2.24, 2.45) is 11.1 Å². The molecule has 0 fully saturated rings. The summed E-state index contributed by atoms with van der Waals surface area (Å²) in [4.78, 5) is 13.1. The van der Waals surface area contributed by atoms with Crippen molar-refractivity contribution in [2.75, 3.05) is 7.11 Å². The number of nitrogens with two attached hydrogens (primary N) is 1. The zero-order chi connectivity index (χ0) is 23.8. The third-order valence-electron chi connectivity index (χ3n) is 5.88. The number of hydrogen-bond acceptors (Lipinski definition) is 6. The fourth-order valence-corrected chi connectivity index (χ4v) is 4.39. The Bertz CT molecular complexity index is 1220. The molecule has 2 aromatic rings. The van der Waals surface area contributed by atoms with E-state index in [1.54, 1.807) is 30.3 Å². The topological polar surface area (TPSA) is 94.6 Å². The lowest BCUT2D eigenvalue weighted by Crippen LogP contribution is -2.33. The van der Waals surface area contributed by atoms with E-state index in [2.05, 4.69) is 6.07 Å². The van der Waals surface area contributed by atoms with Crippen LogP contribution in [0.5, 0.6) is 11.5 Å². The number of carbonyl (C=O) groups excluding carboxylic acids is 1. The second-order valence-corrected chi connectivity index (χ2v) is 9.03. The van der Waals surface area contributed by atoms with Crippen LogP contribution in [0.3, 0.4) is 0 Å². The van der Waals surface area contributed by atoms with E-state index in [4.69, 9.17) is 19.9 Å². The van der Waals surface area contributed by atoms with Gasteiger partial charge < -0.3 is 19.9 Å². The minimum atomic E-state index is -0.645. The van der Waals surface area contributed by atoms with Crippen LogP contribution in [0, 0.1) is 22.6 Å². The Morgan fingerprint density at radius 1 is 1.21 bits per heavy atom. The summed E-state index contributed by atoms with van der Waals surface area (Å²) in [5.74, 6) is 0.372. The van der Waals surface area contributed by atoms with Gasteiger partial charge in [0.05, 0.1) is 13.0 Å². The molecule has 0 radical (unpaired) electrons. The molecular formula is C26H25FN2O4. The second-order valence-electron chi connectivity index (χ2n) is 9.03. The molecule has 1 heterocycles. The van der Waals surface area contributed by atoms with Crippen molar-refractivity contribution >= 4 is 5.78 Å². The molecule has 2 aliphatic rings. The van der Waals surface area contributed by atoms with E-state index in [0.717, 1.165) is 0 Å². The van der Waals surface area contributed by atoms with Crippen LogP contribution < -0.4 is 15.2 Å². The Kier molecular flexibility index (Phi) is 5.86. The quantitative estimate of drug-likeness (QED) is 0.702. The van der Waals surface area contributed by atoms with Crippen molar-refractivity contribution in [3.05, 3.63) is 82.2 Å². The minimum absolute atomic E-state index is 0.0112. The van der Waals surface area contributed by atoms with Crippen LogP contribution in [0.2, 0.25) is 0 Å². The molecule has 1 aliphatic carbocycles. The van der Waals surface area contributed by atoms with Gasteiger partial charge in [0.15, 0.2) is 17.3 Å². The zero-order valence-electron chi connectivity index (χ0n) is 18.8. The van der Waals surface area contributed by atoms with Crippen LogP contribution in [0.15, 0.2) is 65.3 Å². The van der Waals surface area contributed by atoms with E-state index >= 15 is 0 Å².